The van der Waals surface area contributed by atoms with Crippen LogP contribution < -0.4 is 10.1 Å². The van der Waals surface area contributed by atoms with Crippen LogP contribution in [0.4, 0.5) is 5.69 Å². The molecule has 0 amide bonds. The van der Waals surface area contributed by atoms with Crippen LogP contribution >= 0.6 is 11.6 Å². The van der Waals surface area contributed by atoms with Gasteiger partial charge in [-0.3, -0.25) is 5.01 Å². The normalized spacial score (nSPS) is 15.7. The van der Waals surface area contributed by atoms with E-state index in [9.17, 15) is 8.42 Å². The standard InChI is InChI=1S/C8H10ClN5O2S/c1-13-5-14(12-11-13)7-4-6(9)2-3-8(7)17(10,15)16/h2-4H,5H2,1H3,(H2,10,15,16). The first-order valence-corrected chi connectivity index (χ1v) is 6.53. The lowest BCUT2D eigenvalue weighted by molar-refractivity contribution is 0.390. The predicted octanol–water partition coefficient (Wildman–Crippen LogP) is 0.979. The minimum atomic E-state index is -3.83. The van der Waals surface area contributed by atoms with Crippen molar-refractivity contribution in [1.29, 1.82) is 0 Å². The largest absolute Gasteiger partial charge is 0.258 e. The van der Waals surface area contributed by atoms with Crippen LogP contribution in [-0.4, -0.2) is 27.1 Å². The molecule has 0 radical (unpaired) electrons. The van der Waals surface area contributed by atoms with Crippen LogP contribution in [-0.2, 0) is 10.0 Å². The molecule has 0 spiro atoms. The summed E-state index contributed by atoms with van der Waals surface area (Å²) in [4.78, 5) is -0.0313. The molecule has 1 aromatic rings. The van der Waals surface area contributed by atoms with Crippen molar-refractivity contribution in [1.82, 2.24) is 5.01 Å². The van der Waals surface area contributed by atoms with Gasteiger partial charge >= 0.3 is 0 Å². The smallest absolute Gasteiger partial charge is 0.240 e. The van der Waals surface area contributed by atoms with E-state index in [1.807, 2.05) is 0 Å². The third-order valence-electron chi connectivity index (χ3n) is 2.14. The summed E-state index contributed by atoms with van der Waals surface area (Å²) in [6.45, 7) is 0.336. The van der Waals surface area contributed by atoms with Crippen molar-refractivity contribution in [3.63, 3.8) is 0 Å². The lowest BCUT2D eigenvalue weighted by atomic mass is 10.3. The summed E-state index contributed by atoms with van der Waals surface area (Å²) in [6, 6.07) is 4.29. The highest BCUT2D eigenvalue weighted by molar-refractivity contribution is 7.89. The molecular formula is C8H10ClN5O2S. The average molecular weight is 276 g/mol. The zero-order valence-electron chi connectivity index (χ0n) is 8.91. The van der Waals surface area contributed by atoms with E-state index in [4.69, 9.17) is 16.7 Å². The van der Waals surface area contributed by atoms with Gasteiger partial charge in [-0.1, -0.05) is 16.8 Å². The first-order chi connectivity index (χ1) is 7.88. The first kappa shape index (κ1) is 12.1. The molecule has 1 aliphatic heterocycles. The quantitative estimate of drug-likeness (QED) is 0.871. The minimum absolute atomic E-state index is 0.0313. The van der Waals surface area contributed by atoms with E-state index in [1.165, 1.54) is 23.2 Å². The Bertz CT molecular complexity index is 573. The van der Waals surface area contributed by atoms with Crippen molar-refractivity contribution in [2.24, 2.45) is 15.6 Å². The highest BCUT2D eigenvalue weighted by Gasteiger charge is 2.22. The van der Waals surface area contributed by atoms with Gasteiger partial charge in [-0.2, -0.15) is 0 Å². The van der Waals surface area contributed by atoms with Gasteiger partial charge in [-0.15, -0.1) is 0 Å². The second-order valence-corrected chi connectivity index (χ2v) is 5.50. The molecule has 0 unspecified atom stereocenters. The number of nitrogens with two attached hydrogens (primary N) is 1. The summed E-state index contributed by atoms with van der Waals surface area (Å²) < 4.78 is 22.9. The fourth-order valence-corrected chi connectivity index (χ4v) is 2.30. The molecule has 1 heterocycles. The van der Waals surface area contributed by atoms with E-state index in [0.29, 0.717) is 17.4 Å². The Labute approximate surface area is 103 Å². The van der Waals surface area contributed by atoms with E-state index in [-0.39, 0.29) is 4.90 Å². The summed E-state index contributed by atoms with van der Waals surface area (Å²) in [5, 5.41) is 16.0. The number of halogens is 1. The van der Waals surface area contributed by atoms with Gasteiger partial charge in [0, 0.05) is 12.1 Å². The monoisotopic (exact) mass is 275 g/mol. The van der Waals surface area contributed by atoms with Crippen LogP contribution in [0.25, 0.3) is 0 Å². The number of benzene rings is 1. The molecule has 0 atom stereocenters. The molecular weight excluding hydrogens is 266 g/mol. The minimum Gasteiger partial charge on any atom is -0.258 e. The second kappa shape index (κ2) is 4.13. The van der Waals surface area contributed by atoms with Crippen molar-refractivity contribution >= 4 is 27.3 Å². The molecule has 9 heteroatoms. The molecule has 7 nitrogen and oxygen atoms in total. The Hall–Kier alpha value is -1.38. The van der Waals surface area contributed by atoms with Gasteiger partial charge in [0.05, 0.1) is 5.69 Å². The molecule has 0 fully saturated rings. The number of rotatable bonds is 2. The van der Waals surface area contributed by atoms with Gasteiger partial charge in [0.25, 0.3) is 0 Å². The molecule has 92 valence electrons. The number of hydrogen-bond donors (Lipinski definition) is 1. The number of nitrogens with zero attached hydrogens (tertiary/aromatic N) is 4. The van der Waals surface area contributed by atoms with E-state index in [1.54, 1.807) is 12.1 Å². The zero-order valence-corrected chi connectivity index (χ0v) is 10.5. The fraction of sp³-hybridized carbons (Fsp3) is 0.250. The number of sulfonamides is 1. The maximum Gasteiger partial charge on any atom is 0.240 e. The van der Waals surface area contributed by atoms with Crippen LogP contribution in [0, 0.1) is 0 Å². The van der Waals surface area contributed by atoms with Gasteiger partial charge in [0.15, 0.2) is 0 Å². The SMILES string of the molecule is CN1CN(c2cc(Cl)ccc2S(N)(=O)=O)N=N1. The Morgan fingerprint density at radius 1 is 1.41 bits per heavy atom. The van der Waals surface area contributed by atoms with E-state index >= 15 is 0 Å². The topological polar surface area (TPSA) is 91.4 Å². The summed E-state index contributed by atoms with van der Waals surface area (Å²) >= 11 is 5.83. The maximum absolute atomic E-state index is 11.4. The summed E-state index contributed by atoms with van der Waals surface area (Å²) in [5.74, 6) is 0. The van der Waals surface area contributed by atoms with Crippen LogP contribution in [0.1, 0.15) is 0 Å². The molecule has 1 aliphatic rings. The zero-order chi connectivity index (χ0) is 12.6. The van der Waals surface area contributed by atoms with Crippen molar-refractivity contribution in [2.75, 3.05) is 18.7 Å². The number of hydrogen-bond acceptors (Lipinski definition) is 6. The van der Waals surface area contributed by atoms with Crippen LogP contribution in [0.2, 0.25) is 5.02 Å². The maximum atomic E-state index is 11.4. The lowest BCUT2D eigenvalue weighted by Gasteiger charge is -2.16. The number of primary sulfonamides is 1. The Balaban J connectivity index is 2.52. The van der Waals surface area contributed by atoms with Crippen molar-refractivity contribution in [3.05, 3.63) is 23.2 Å². The van der Waals surface area contributed by atoms with Crippen molar-refractivity contribution < 1.29 is 8.42 Å². The first-order valence-electron chi connectivity index (χ1n) is 4.60. The number of anilines is 1. The molecule has 1 aromatic carbocycles. The molecule has 2 N–H and O–H groups in total. The lowest BCUT2D eigenvalue weighted by Crippen LogP contribution is -2.24. The Kier molecular flexibility index (Phi) is 2.94. The molecule has 17 heavy (non-hydrogen) atoms. The van der Waals surface area contributed by atoms with Gasteiger partial charge in [0.1, 0.15) is 11.6 Å². The molecule has 0 bridgehead atoms. The average Bonchev–Trinajstić information content (AvgIpc) is 2.62. The highest BCUT2D eigenvalue weighted by Crippen LogP contribution is 2.29. The van der Waals surface area contributed by atoms with Gasteiger partial charge in [-0.25, -0.2) is 18.6 Å². The molecule has 0 saturated carbocycles. The third-order valence-corrected chi connectivity index (χ3v) is 3.34. The van der Waals surface area contributed by atoms with Crippen molar-refractivity contribution in [3.8, 4) is 0 Å². The van der Waals surface area contributed by atoms with Crippen LogP contribution in [0.3, 0.4) is 0 Å². The van der Waals surface area contributed by atoms with Gasteiger partial charge < -0.3 is 0 Å². The molecule has 0 aromatic heterocycles. The Morgan fingerprint density at radius 3 is 2.65 bits per heavy atom. The Morgan fingerprint density at radius 2 is 2.12 bits per heavy atom. The van der Waals surface area contributed by atoms with Crippen molar-refractivity contribution in [2.45, 2.75) is 4.90 Å². The molecule has 2 rings (SSSR count). The van der Waals surface area contributed by atoms with E-state index in [0.717, 1.165) is 0 Å². The molecule has 0 aliphatic carbocycles. The summed E-state index contributed by atoms with van der Waals surface area (Å²) in [6.07, 6.45) is 0. The second-order valence-electron chi connectivity index (χ2n) is 3.53. The third kappa shape index (κ3) is 2.48. The summed E-state index contributed by atoms with van der Waals surface area (Å²) in [7, 11) is -2.11. The summed E-state index contributed by atoms with van der Waals surface area (Å²) in [5.41, 5.74) is 0.313. The van der Waals surface area contributed by atoms with E-state index < -0.39 is 10.0 Å². The highest BCUT2D eigenvalue weighted by atomic mass is 35.5. The molecule has 0 saturated heterocycles. The fourth-order valence-electron chi connectivity index (χ4n) is 1.42. The van der Waals surface area contributed by atoms with Crippen LogP contribution in [0.15, 0.2) is 33.5 Å². The van der Waals surface area contributed by atoms with Gasteiger partial charge in [-0.05, 0) is 23.4 Å². The van der Waals surface area contributed by atoms with E-state index in [2.05, 4.69) is 10.4 Å². The van der Waals surface area contributed by atoms with Gasteiger partial charge in [0.2, 0.25) is 10.0 Å². The predicted molar refractivity (Wildman–Crippen MR) is 62.8 cm³/mol. The van der Waals surface area contributed by atoms with Crippen LogP contribution in [0.5, 0.6) is 0 Å².